The van der Waals surface area contributed by atoms with Gasteiger partial charge in [-0.15, -0.1) is 11.3 Å². The first kappa shape index (κ1) is 18.5. The highest BCUT2D eigenvalue weighted by Crippen LogP contribution is 2.37. The van der Waals surface area contributed by atoms with Crippen molar-refractivity contribution in [3.63, 3.8) is 0 Å². The molecule has 1 atom stereocenters. The van der Waals surface area contributed by atoms with Crippen molar-refractivity contribution in [2.45, 2.75) is 32.2 Å². The van der Waals surface area contributed by atoms with E-state index < -0.39 is 0 Å². The lowest BCUT2D eigenvalue weighted by Gasteiger charge is -2.36. The minimum atomic E-state index is -0.336. The number of carbonyl (C=O) groups is 1. The van der Waals surface area contributed by atoms with Crippen molar-refractivity contribution in [1.82, 2.24) is 19.9 Å². The Morgan fingerprint density at radius 1 is 1.32 bits per heavy atom. The Labute approximate surface area is 166 Å². The molecule has 1 aromatic carbocycles. The number of hydrogen-bond donors (Lipinski definition) is 1. The van der Waals surface area contributed by atoms with Gasteiger partial charge in [-0.05, 0) is 43.9 Å². The molecule has 3 aromatic rings. The van der Waals surface area contributed by atoms with E-state index in [1.54, 1.807) is 17.8 Å². The highest BCUT2D eigenvalue weighted by Gasteiger charge is 2.33. The first-order valence-electron chi connectivity index (χ1n) is 9.14. The smallest absolute Gasteiger partial charge is 0.266 e. The summed E-state index contributed by atoms with van der Waals surface area (Å²) in [7, 11) is 0. The molecule has 0 aliphatic carbocycles. The van der Waals surface area contributed by atoms with E-state index in [9.17, 15) is 9.18 Å². The number of hydrogen-bond acceptors (Lipinski definition) is 6. The standard InChI is InChI=1S/C20H20FN5OS/c1-12-18(28-11-24-12)19(27)26-8-3-2-7-16(26)17-15(10-23-20(22)25-17)13-5-4-6-14(21)9-13/h4-6,9-11,16H,2-3,7-8H2,1H3,(H2,22,23,25)/t16-/m0/s1. The van der Waals surface area contributed by atoms with Gasteiger partial charge in [0, 0.05) is 18.3 Å². The van der Waals surface area contributed by atoms with Gasteiger partial charge in [0.25, 0.3) is 5.91 Å². The topological polar surface area (TPSA) is 85.0 Å². The molecule has 0 bridgehead atoms. The van der Waals surface area contributed by atoms with E-state index in [2.05, 4.69) is 15.0 Å². The molecule has 28 heavy (non-hydrogen) atoms. The first-order chi connectivity index (χ1) is 13.5. The Balaban J connectivity index is 1.79. The maximum Gasteiger partial charge on any atom is 0.266 e. The maximum atomic E-state index is 13.8. The summed E-state index contributed by atoms with van der Waals surface area (Å²) >= 11 is 1.34. The molecule has 2 N–H and O–H groups in total. The van der Waals surface area contributed by atoms with Crippen molar-refractivity contribution in [2.24, 2.45) is 0 Å². The number of anilines is 1. The van der Waals surface area contributed by atoms with E-state index in [4.69, 9.17) is 5.73 Å². The van der Waals surface area contributed by atoms with E-state index in [-0.39, 0.29) is 23.7 Å². The highest BCUT2D eigenvalue weighted by atomic mass is 32.1. The molecule has 8 heteroatoms. The summed E-state index contributed by atoms with van der Waals surface area (Å²) in [4.78, 5) is 28.5. The molecular formula is C20H20FN5OS. The third-order valence-electron chi connectivity index (χ3n) is 4.99. The van der Waals surface area contributed by atoms with Gasteiger partial charge in [0.2, 0.25) is 5.95 Å². The average molecular weight is 397 g/mol. The number of benzene rings is 1. The lowest BCUT2D eigenvalue weighted by Crippen LogP contribution is -2.39. The summed E-state index contributed by atoms with van der Waals surface area (Å²) in [6.45, 7) is 2.47. The zero-order valence-electron chi connectivity index (χ0n) is 15.4. The molecule has 2 aromatic heterocycles. The second-order valence-electron chi connectivity index (χ2n) is 6.81. The molecule has 4 rings (SSSR count). The zero-order valence-corrected chi connectivity index (χ0v) is 16.2. The van der Waals surface area contributed by atoms with Gasteiger partial charge in [-0.2, -0.15) is 0 Å². The van der Waals surface area contributed by atoms with Crippen molar-refractivity contribution >= 4 is 23.2 Å². The molecule has 1 amide bonds. The van der Waals surface area contributed by atoms with Crippen LogP contribution in [0.25, 0.3) is 11.1 Å². The van der Waals surface area contributed by atoms with Crippen molar-refractivity contribution in [1.29, 1.82) is 0 Å². The van der Waals surface area contributed by atoms with Crippen LogP contribution in [0.3, 0.4) is 0 Å². The van der Waals surface area contributed by atoms with Gasteiger partial charge in [-0.1, -0.05) is 12.1 Å². The summed E-state index contributed by atoms with van der Waals surface area (Å²) < 4.78 is 13.8. The van der Waals surface area contributed by atoms with Crippen LogP contribution < -0.4 is 5.73 Å². The SMILES string of the molecule is Cc1ncsc1C(=O)N1CCCC[C@H]1c1nc(N)ncc1-c1cccc(F)c1. The number of aryl methyl sites for hydroxylation is 1. The van der Waals surface area contributed by atoms with E-state index >= 15 is 0 Å². The third kappa shape index (κ3) is 3.47. The Hall–Kier alpha value is -2.87. The van der Waals surface area contributed by atoms with Crippen LogP contribution in [-0.2, 0) is 0 Å². The third-order valence-corrected chi connectivity index (χ3v) is 5.91. The Kier molecular flexibility index (Phi) is 5.04. The fourth-order valence-electron chi connectivity index (χ4n) is 3.64. The maximum absolute atomic E-state index is 13.8. The summed E-state index contributed by atoms with van der Waals surface area (Å²) in [6, 6.07) is 6.05. The number of nitrogens with two attached hydrogens (primary N) is 1. The minimum Gasteiger partial charge on any atom is -0.368 e. The molecule has 0 spiro atoms. The predicted molar refractivity (Wildman–Crippen MR) is 106 cm³/mol. The van der Waals surface area contributed by atoms with Gasteiger partial charge < -0.3 is 10.6 Å². The Morgan fingerprint density at radius 2 is 2.18 bits per heavy atom. The van der Waals surface area contributed by atoms with E-state index in [0.717, 1.165) is 25.0 Å². The lowest BCUT2D eigenvalue weighted by molar-refractivity contribution is 0.0611. The van der Waals surface area contributed by atoms with Gasteiger partial charge in [-0.25, -0.2) is 19.3 Å². The number of piperidine rings is 1. The van der Waals surface area contributed by atoms with Crippen LogP contribution in [0.15, 0.2) is 36.0 Å². The molecule has 3 heterocycles. The number of nitrogens with zero attached hydrogens (tertiary/aromatic N) is 4. The summed E-state index contributed by atoms with van der Waals surface area (Å²) in [5, 5.41) is 0. The number of thiazole rings is 1. The lowest BCUT2D eigenvalue weighted by atomic mass is 9.93. The normalized spacial score (nSPS) is 16.9. The van der Waals surface area contributed by atoms with Crippen molar-refractivity contribution < 1.29 is 9.18 Å². The van der Waals surface area contributed by atoms with E-state index in [0.29, 0.717) is 28.2 Å². The van der Waals surface area contributed by atoms with Gasteiger partial charge in [-0.3, -0.25) is 4.79 Å². The molecule has 0 saturated carbocycles. The molecular weight excluding hydrogens is 377 g/mol. The van der Waals surface area contributed by atoms with E-state index in [1.807, 2.05) is 17.9 Å². The molecule has 144 valence electrons. The summed E-state index contributed by atoms with van der Waals surface area (Å²) in [5.41, 5.74) is 10.3. The van der Waals surface area contributed by atoms with Crippen LogP contribution in [0.2, 0.25) is 0 Å². The molecule has 1 saturated heterocycles. The highest BCUT2D eigenvalue weighted by molar-refractivity contribution is 7.11. The minimum absolute atomic E-state index is 0.0490. The van der Waals surface area contributed by atoms with E-state index in [1.165, 1.54) is 23.5 Å². The van der Waals surface area contributed by atoms with Crippen molar-refractivity contribution in [3.8, 4) is 11.1 Å². The first-order valence-corrected chi connectivity index (χ1v) is 10.0. The number of carbonyl (C=O) groups excluding carboxylic acids is 1. The molecule has 1 aliphatic heterocycles. The quantitative estimate of drug-likeness (QED) is 0.722. The van der Waals surface area contributed by atoms with Crippen LogP contribution in [0.5, 0.6) is 0 Å². The van der Waals surface area contributed by atoms with Gasteiger partial charge in [0.1, 0.15) is 10.7 Å². The predicted octanol–water partition coefficient (Wildman–Crippen LogP) is 4.00. The number of aromatic nitrogens is 3. The molecule has 1 fully saturated rings. The second kappa shape index (κ2) is 7.63. The Morgan fingerprint density at radius 3 is 2.93 bits per heavy atom. The molecule has 0 radical (unpaired) electrons. The molecule has 6 nitrogen and oxygen atoms in total. The number of nitrogen functional groups attached to an aromatic ring is 1. The molecule has 0 unspecified atom stereocenters. The van der Waals surface area contributed by atoms with Crippen LogP contribution in [0.4, 0.5) is 10.3 Å². The van der Waals surface area contributed by atoms with Crippen molar-refractivity contribution in [3.05, 3.63) is 58.1 Å². The largest absolute Gasteiger partial charge is 0.368 e. The van der Waals surface area contributed by atoms with Crippen LogP contribution in [0, 0.1) is 12.7 Å². The van der Waals surface area contributed by atoms with Crippen molar-refractivity contribution in [2.75, 3.05) is 12.3 Å². The number of halogens is 1. The van der Waals surface area contributed by atoms with Crippen LogP contribution >= 0.6 is 11.3 Å². The van der Waals surface area contributed by atoms with Gasteiger partial charge in [0.15, 0.2) is 0 Å². The Bertz CT molecular complexity index is 1020. The second-order valence-corrected chi connectivity index (χ2v) is 7.67. The molecule has 1 aliphatic rings. The number of rotatable bonds is 3. The number of likely N-dealkylation sites (tertiary alicyclic amines) is 1. The van der Waals surface area contributed by atoms with Gasteiger partial charge >= 0.3 is 0 Å². The van der Waals surface area contributed by atoms with Crippen LogP contribution in [0.1, 0.15) is 46.4 Å². The monoisotopic (exact) mass is 397 g/mol. The fraction of sp³-hybridized carbons (Fsp3) is 0.300. The zero-order chi connectivity index (χ0) is 19.7. The summed E-state index contributed by atoms with van der Waals surface area (Å²) in [6.07, 6.45) is 4.28. The summed E-state index contributed by atoms with van der Waals surface area (Å²) in [5.74, 6) is -0.244. The number of amides is 1. The van der Waals surface area contributed by atoms with Crippen LogP contribution in [-0.4, -0.2) is 32.3 Å². The van der Waals surface area contributed by atoms with Gasteiger partial charge in [0.05, 0.1) is 22.9 Å². The average Bonchev–Trinajstić information content (AvgIpc) is 3.13. The fourth-order valence-corrected chi connectivity index (χ4v) is 4.40.